The maximum atomic E-state index is 10.8. The first-order chi connectivity index (χ1) is 8.25. The van der Waals surface area contributed by atoms with Crippen LogP contribution >= 0.6 is 11.8 Å². The summed E-state index contributed by atoms with van der Waals surface area (Å²) in [6.45, 7) is 0. The van der Waals surface area contributed by atoms with Crippen molar-refractivity contribution in [3.63, 3.8) is 0 Å². The topological polar surface area (TPSA) is 67.5 Å². The minimum Gasteiger partial charge on any atom is -0.478 e. The van der Waals surface area contributed by atoms with E-state index in [0.717, 1.165) is 18.0 Å². The Labute approximate surface area is 102 Å². The van der Waals surface area contributed by atoms with Gasteiger partial charge in [-0.15, -0.1) is 10.2 Å². The van der Waals surface area contributed by atoms with Gasteiger partial charge in [0.15, 0.2) is 11.5 Å². The van der Waals surface area contributed by atoms with Gasteiger partial charge in [0.25, 0.3) is 0 Å². The maximum Gasteiger partial charge on any atom is 0.335 e. The molecule has 3 rings (SSSR count). The number of pyridine rings is 1. The number of nitrogens with zero attached hydrogens (tertiary/aromatic N) is 3. The summed E-state index contributed by atoms with van der Waals surface area (Å²) >= 11 is 1.89. The van der Waals surface area contributed by atoms with Crippen LogP contribution in [0.2, 0.25) is 0 Å². The van der Waals surface area contributed by atoms with E-state index in [4.69, 9.17) is 5.11 Å². The van der Waals surface area contributed by atoms with Crippen molar-refractivity contribution < 1.29 is 9.90 Å². The van der Waals surface area contributed by atoms with Crippen LogP contribution in [0.5, 0.6) is 0 Å². The monoisotopic (exact) mass is 249 g/mol. The highest BCUT2D eigenvalue weighted by atomic mass is 32.2. The standard InChI is InChI=1S/C11H11N3O2S/c15-11(16)7-3-4-14-9(6-7)12-13-10(14)8-2-1-5-17-8/h3-4,6,8H,1-2,5H2,(H,15,16). The largest absolute Gasteiger partial charge is 0.478 e. The fourth-order valence-corrected chi connectivity index (χ4v) is 3.30. The van der Waals surface area contributed by atoms with Crippen molar-refractivity contribution >= 4 is 23.4 Å². The number of aromatic carboxylic acids is 1. The molecule has 1 atom stereocenters. The Morgan fingerprint density at radius 3 is 3.12 bits per heavy atom. The van der Waals surface area contributed by atoms with E-state index in [9.17, 15) is 4.79 Å². The maximum absolute atomic E-state index is 10.8. The van der Waals surface area contributed by atoms with Gasteiger partial charge in [-0.05, 0) is 30.7 Å². The van der Waals surface area contributed by atoms with Crippen molar-refractivity contribution in [2.75, 3.05) is 5.75 Å². The number of hydrogen-bond donors (Lipinski definition) is 1. The highest BCUT2D eigenvalue weighted by Crippen LogP contribution is 2.38. The van der Waals surface area contributed by atoms with Crippen LogP contribution in [0.1, 0.15) is 34.3 Å². The first-order valence-corrected chi connectivity index (χ1v) is 6.50. The van der Waals surface area contributed by atoms with Crippen molar-refractivity contribution in [2.24, 2.45) is 0 Å². The van der Waals surface area contributed by atoms with Gasteiger partial charge in [0.2, 0.25) is 0 Å². The molecular weight excluding hydrogens is 238 g/mol. The Bertz CT molecular complexity index is 575. The number of rotatable bonds is 2. The molecule has 1 fully saturated rings. The molecule has 2 aromatic heterocycles. The third kappa shape index (κ3) is 1.78. The predicted octanol–water partition coefficient (Wildman–Crippen LogP) is 2.00. The lowest BCUT2D eigenvalue weighted by molar-refractivity contribution is 0.0697. The molecule has 1 aliphatic rings. The molecular formula is C11H11N3O2S. The van der Waals surface area contributed by atoms with Crippen LogP contribution in [0.25, 0.3) is 5.65 Å². The molecule has 0 aromatic carbocycles. The van der Waals surface area contributed by atoms with Gasteiger partial charge in [0.1, 0.15) is 0 Å². The molecule has 88 valence electrons. The normalized spacial score (nSPS) is 19.9. The molecule has 5 nitrogen and oxygen atoms in total. The van der Waals surface area contributed by atoms with Crippen molar-refractivity contribution in [3.05, 3.63) is 29.7 Å². The number of carbonyl (C=O) groups is 1. The fraction of sp³-hybridized carbons (Fsp3) is 0.364. The van der Waals surface area contributed by atoms with Gasteiger partial charge in [-0.25, -0.2) is 4.79 Å². The molecule has 1 saturated heterocycles. The summed E-state index contributed by atoms with van der Waals surface area (Å²) in [7, 11) is 0. The Hall–Kier alpha value is -1.56. The summed E-state index contributed by atoms with van der Waals surface area (Å²) in [5, 5.41) is 17.5. The SMILES string of the molecule is O=C(O)c1ccn2c(C3CCCS3)nnc2c1. The molecule has 17 heavy (non-hydrogen) atoms. The molecule has 0 amide bonds. The van der Waals surface area contributed by atoms with Gasteiger partial charge in [0.05, 0.1) is 10.8 Å². The molecule has 1 N–H and O–H groups in total. The average Bonchev–Trinajstić information content (AvgIpc) is 2.96. The minimum atomic E-state index is -0.938. The molecule has 0 spiro atoms. The molecule has 2 aromatic rings. The Morgan fingerprint density at radius 2 is 2.41 bits per heavy atom. The molecule has 3 heterocycles. The summed E-state index contributed by atoms with van der Waals surface area (Å²) in [6.07, 6.45) is 4.07. The van der Waals surface area contributed by atoms with Crippen LogP contribution in [0, 0.1) is 0 Å². The van der Waals surface area contributed by atoms with E-state index < -0.39 is 5.97 Å². The summed E-state index contributed by atoms with van der Waals surface area (Å²) in [5.74, 6) is 1.15. The van der Waals surface area contributed by atoms with Crippen LogP contribution < -0.4 is 0 Å². The molecule has 0 saturated carbocycles. The van der Waals surface area contributed by atoms with Gasteiger partial charge in [-0.3, -0.25) is 4.40 Å². The van der Waals surface area contributed by atoms with Crippen molar-refractivity contribution in [2.45, 2.75) is 18.1 Å². The van der Waals surface area contributed by atoms with Crippen LogP contribution in [0.15, 0.2) is 18.3 Å². The van der Waals surface area contributed by atoms with E-state index in [0.29, 0.717) is 10.9 Å². The Balaban J connectivity index is 2.07. The first-order valence-electron chi connectivity index (χ1n) is 5.45. The van der Waals surface area contributed by atoms with Crippen molar-refractivity contribution in [1.82, 2.24) is 14.6 Å². The molecule has 0 bridgehead atoms. The lowest BCUT2D eigenvalue weighted by atomic mass is 10.2. The van der Waals surface area contributed by atoms with E-state index in [1.54, 1.807) is 18.3 Å². The van der Waals surface area contributed by atoms with Crippen LogP contribution in [0.3, 0.4) is 0 Å². The van der Waals surface area contributed by atoms with Gasteiger partial charge in [0, 0.05) is 6.20 Å². The number of carboxylic acids is 1. The highest BCUT2D eigenvalue weighted by Gasteiger charge is 2.22. The second-order valence-corrected chi connectivity index (χ2v) is 5.32. The minimum absolute atomic E-state index is 0.246. The number of thioether (sulfide) groups is 1. The zero-order valence-electron chi connectivity index (χ0n) is 9.04. The number of carboxylic acid groups (broad SMARTS) is 1. The fourth-order valence-electron chi connectivity index (χ4n) is 2.04. The predicted molar refractivity (Wildman–Crippen MR) is 64.4 cm³/mol. The first kappa shape index (κ1) is 10.6. The third-order valence-corrected chi connectivity index (χ3v) is 4.27. The zero-order valence-corrected chi connectivity index (χ0v) is 9.85. The van der Waals surface area contributed by atoms with E-state index in [1.165, 1.54) is 6.42 Å². The summed E-state index contributed by atoms with van der Waals surface area (Å²) in [6, 6.07) is 3.14. The van der Waals surface area contributed by atoms with Gasteiger partial charge in [-0.2, -0.15) is 11.8 Å². The highest BCUT2D eigenvalue weighted by molar-refractivity contribution is 7.99. The van der Waals surface area contributed by atoms with Crippen LogP contribution in [-0.4, -0.2) is 31.4 Å². The summed E-state index contributed by atoms with van der Waals surface area (Å²) in [5.41, 5.74) is 0.850. The summed E-state index contributed by atoms with van der Waals surface area (Å²) < 4.78 is 1.88. The smallest absolute Gasteiger partial charge is 0.335 e. The summed E-state index contributed by atoms with van der Waals surface area (Å²) in [4.78, 5) is 10.8. The molecule has 1 aliphatic heterocycles. The van der Waals surface area contributed by atoms with Crippen molar-refractivity contribution in [3.8, 4) is 0 Å². The quantitative estimate of drug-likeness (QED) is 0.881. The van der Waals surface area contributed by atoms with E-state index in [2.05, 4.69) is 10.2 Å². The zero-order chi connectivity index (χ0) is 11.8. The van der Waals surface area contributed by atoms with Crippen molar-refractivity contribution in [1.29, 1.82) is 0 Å². The molecule has 6 heteroatoms. The second-order valence-electron chi connectivity index (χ2n) is 4.01. The average molecular weight is 249 g/mol. The number of hydrogen-bond acceptors (Lipinski definition) is 4. The number of fused-ring (bicyclic) bond motifs is 1. The van der Waals surface area contributed by atoms with E-state index in [-0.39, 0.29) is 5.56 Å². The molecule has 0 aliphatic carbocycles. The molecule has 0 radical (unpaired) electrons. The lowest BCUT2D eigenvalue weighted by Crippen LogP contribution is -2.00. The lowest BCUT2D eigenvalue weighted by Gasteiger charge is -2.05. The van der Waals surface area contributed by atoms with Crippen LogP contribution in [-0.2, 0) is 0 Å². The Kier molecular flexibility index (Phi) is 2.51. The molecule has 1 unspecified atom stereocenters. The third-order valence-electron chi connectivity index (χ3n) is 2.90. The van der Waals surface area contributed by atoms with Gasteiger partial charge < -0.3 is 5.11 Å². The number of aromatic nitrogens is 3. The van der Waals surface area contributed by atoms with Gasteiger partial charge >= 0.3 is 5.97 Å². The van der Waals surface area contributed by atoms with E-state index >= 15 is 0 Å². The van der Waals surface area contributed by atoms with E-state index in [1.807, 2.05) is 16.2 Å². The Morgan fingerprint density at radius 1 is 1.53 bits per heavy atom. The second kappa shape index (κ2) is 4.03. The van der Waals surface area contributed by atoms with Gasteiger partial charge in [-0.1, -0.05) is 0 Å². The van der Waals surface area contributed by atoms with Crippen LogP contribution in [0.4, 0.5) is 0 Å².